The SMILES string of the molecule is O=C(Nc1cccc(Br)c1)c1c(O)cc(Br)cc1Br. The molecule has 6 heteroatoms. The predicted molar refractivity (Wildman–Crippen MR) is 85.6 cm³/mol. The minimum absolute atomic E-state index is 0.0891. The fourth-order valence-electron chi connectivity index (χ4n) is 1.54. The molecule has 0 aromatic heterocycles. The van der Waals surface area contributed by atoms with Crippen molar-refractivity contribution in [2.45, 2.75) is 0 Å². The second-order valence-electron chi connectivity index (χ2n) is 3.75. The molecule has 98 valence electrons. The van der Waals surface area contributed by atoms with Gasteiger partial charge in [0.05, 0.1) is 5.56 Å². The lowest BCUT2D eigenvalue weighted by atomic mass is 10.2. The molecule has 0 bridgehead atoms. The van der Waals surface area contributed by atoms with Crippen molar-refractivity contribution >= 4 is 59.4 Å². The van der Waals surface area contributed by atoms with E-state index in [0.29, 0.717) is 14.6 Å². The molecule has 0 atom stereocenters. The van der Waals surface area contributed by atoms with Crippen molar-refractivity contribution < 1.29 is 9.90 Å². The first kappa shape index (κ1) is 14.6. The Hall–Kier alpha value is -0.850. The van der Waals surface area contributed by atoms with Crippen LogP contribution in [0.3, 0.4) is 0 Å². The molecule has 0 saturated carbocycles. The highest BCUT2D eigenvalue weighted by molar-refractivity contribution is 9.11. The summed E-state index contributed by atoms with van der Waals surface area (Å²) >= 11 is 9.84. The molecule has 2 aromatic carbocycles. The van der Waals surface area contributed by atoms with Crippen molar-refractivity contribution in [1.29, 1.82) is 0 Å². The minimum Gasteiger partial charge on any atom is -0.507 e. The normalized spacial score (nSPS) is 10.3. The van der Waals surface area contributed by atoms with Gasteiger partial charge in [-0.15, -0.1) is 0 Å². The summed E-state index contributed by atoms with van der Waals surface area (Å²) in [5.74, 6) is -0.469. The van der Waals surface area contributed by atoms with Gasteiger partial charge in [-0.25, -0.2) is 0 Å². The van der Waals surface area contributed by atoms with Crippen LogP contribution in [0.15, 0.2) is 49.8 Å². The summed E-state index contributed by atoms with van der Waals surface area (Å²) in [7, 11) is 0. The number of benzene rings is 2. The molecule has 0 radical (unpaired) electrons. The summed E-state index contributed by atoms with van der Waals surface area (Å²) in [5, 5.41) is 12.6. The smallest absolute Gasteiger partial charge is 0.260 e. The molecular formula is C13H8Br3NO2. The quantitative estimate of drug-likeness (QED) is 0.682. The average Bonchev–Trinajstić information content (AvgIpc) is 2.27. The minimum atomic E-state index is -0.380. The molecular weight excluding hydrogens is 442 g/mol. The number of phenolic OH excluding ortho intramolecular Hbond substituents is 1. The van der Waals surface area contributed by atoms with Crippen molar-refractivity contribution in [3.05, 3.63) is 55.4 Å². The Labute approximate surface area is 135 Å². The first-order chi connectivity index (χ1) is 8.97. The van der Waals surface area contributed by atoms with Crippen molar-refractivity contribution in [3.8, 4) is 5.75 Å². The zero-order valence-corrected chi connectivity index (χ0v) is 14.2. The highest BCUT2D eigenvalue weighted by atomic mass is 79.9. The molecule has 0 spiro atoms. The molecule has 0 aliphatic rings. The highest BCUT2D eigenvalue weighted by Gasteiger charge is 2.16. The lowest BCUT2D eigenvalue weighted by Crippen LogP contribution is -2.12. The monoisotopic (exact) mass is 447 g/mol. The molecule has 0 unspecified atom stereocenters. The fraction of sp³-hybridized carbons (Fsp3) is 0. The van der Waals surface area contributed by atoms with Crippen LogP contribution in [0.5, 0.6) is 5.75 Å². The second-order valence-corrected chi connectivity index (χ2v) is 6.43. The molecule has 0 aliphatic carbocycles. The van der Waals surface area contributed by atoms with Crippen molar-refractivity contribution in [2.75, 3.05) is 5.32 Å². The van der Waals surface area contributed by atoms with Crippen molar-refractivity contribution in [2.24, 2.45) is 0 Å². The van der Waals surface area contributed by atoms with Gasteiger partial charge < -0.3 is 10.4 Å². The highest BCUT2D eigenvalue weighted by Crippen LogP contribution is 2.31. The Kier molecular flexibility index (Phi) is 4.65. The lowest BCUT2D eigenvalue weighted by molar-refractivity contribution is 0.102. The van der Waals surface area contributed by atoms with Gasteiger partial charge in [0.2, 0.25) is 0 Å². The Morgan fingerprint density at radius 3 is 2.42 bits per heavy atom. The Bertz CT molecular complexity index is 621. The van der Waals surface area contributed by atoms with E-state index in [4.69, 9.17) is 0 Å². The number of carbonyl (C=O) groups is 1. The van der Waals surface area contributed by atoms with Crippen LogP contribution in [0.2, 0.25) is 0 Å². The number of aromatic hydroxyl groups is 1. The maximum atomic E-state index is 12.1. The number of anilines is 1. The standard InChI is InChI=1S/C13H8Br3NO2/c14-7-2-1-3-9(4-7)17-13(19)12-10(16)5-8(15)6-11(12)18/h1-6,18H,(H,17,19). The first-order valence-electron chi connectivity index (χ1n) is 5.22. The van der Waals surface area contributed by atoms with E-state index < -0.39 is 0 Å². The molecule has 3 nitrogen and oxygen atoms in total. The lowest BCUT2D eigenvalue weighted by Gasteiger charge is -2.09. The number of hydrogen-bond donors (Lipinski definition) is 2. The van der Waals surface area contributed by atoms with E-state index in [1.165, 1.54) is 6.07 Å². The summed E-state index contributed by atoms with van der Waals surface area (Å²) in [6.45, 7) is 0. The maximum absolute atomic E-state index is 12.1. The van der Waals surface area contributed by atoms with Crippen LogP contribution in [0, 0.1) is 0 Å². The molecule has 0 saturated heterocycles. The molecule has 19 heavy (non-hydrogen) atoms. The molecule has 2 rings (SSSR count). The third kappa shape index (κ3) is 3.58. The molecule has 0 heterocycles. The maximum Gasteiger partial charge on any atom is 0.260 e. The second kappa shape index (κ2) is 6.07. The largest absolute Gasteiger partial charge is 0.507 e. The van der Waals surface area contributed by atoms with Crippen LogP contribution in [0.25, 0.3) is 0 Å². The number of amides is 1. The number of nitrogens with one attached hydrogen (secondary N) is 1. The van der Waals surface area contributed by atoms with Gasteiger partial charge >= 0.3 is 0 Å². The van der Waals surface area contributed by atoms with Gasteiger partial charge in [0.15, 0.2) is 0 Å². The van der Waals surface area contributed by atoms with Crippen LogP contribution in [0.4, 0.5) is 5.69 Å². The average molecular weight is 450 g/mol. The molecule has 0 fully saturated rings. The fourth-order valence-corrected chi connectivity index (χ4v) is 3.33. The summed E-state index contributed by atoms with van der Waals surface area (Å²) in [5.41, 5.74) is 0.844. The van der Waals surface area contributed by atoms with Gasteiger partial charge in [-0.3, -0.25) is 4.79 Å². The van der Waals surface area contributed by atoms with Gasteiger partial charge in [-0.1, -0.05) is 37.9 Å². The van der Waals surface area contributed by atoms with Gasteiger partial charge in [-0.2, -0.15) is 0 Å². The zero-order valence-electron chi connectivity index (χ0n) is 9.45. The summed E-state index contributed by atoms with van der Waals surface area (Å²) in [4.78, 5) is 12.1. The van der Waals surface area contributed by atoms with Crippen LogP contribution < -0.4 is 5.32 Å². The van der Waals surface area contributed by atoms with E-state index in [9.17, 15) is 9.90 Å². The van der Waals surface area contributed by atoms with Gasteiger partial charge in [0.25, 0.3) is 5.91 Å². The number of halogens is 3. The third-order valence-electron chi connectivity index (χ3n) is 2.34. The van der Waals surface area contributed by atoms with Crippen molar-refractivity contribution in [3.63, 3.8) is 0 Å². The van der Waals surface area contributed by atoms with E-state index >= 15 is 0 Å². The first-order valence-corrected chi connectivity index (χ1v) is 7.60. The van der Waals surface area contributed by atoms with Crippen LogP contribution >= 0.6 is 47.8 Å². The molecule has 0 aliphatic heterocycles. The van der Waals surface area contributed by atoms with E-state index in [2.05, 4.69) is 53.1 Å². The summed E-state index contributed by atoms with van der Waals surface area (Å²) in [6.07, 6.45) is 0. The topological polar surface area (TPSA) is 49.3 Å². The molecule has 2 aromatic rings. The Morgan fingerprint density at radius 1 is 1.05 bits per heavy atom. The summed E-state index contributed by atoms with van der Waals surface area (Å²) < 4.78 is 2.08. The van der Waals surface area contributed by atoms with Crippen LogP contribution in [-0.4, -0.2) is 11.0 Å². The van der Waals surface area contributed by atoms with Crippen LogP contribution in [0.1, 0.15) is 10.4 Å². The van der Waals surface area contributed by atoms with Gasteiger partial charge in [0, 0.05) is 19.1 Å². The van der Waals surface area contributed by atoms with Gasteiger partial charge in [0.1, 0.15) is 5.75 Å². The molecule has 1 amide bonds. The number of phenols is 1. The predicted octanol–water partition coefficient (Wildman–Crippen LogP) is 4.93. The number of rotatable bonds is 2. The zero-order chi connectivity index (χ0) is 14.0. The van der Waals surface area contributed by atoms with Crippen LogP contribution in [-0.2, 0) is 0 Å². The van der Waals surface area contributed by atoms with E-state index in [1.54, 1.807) is 18.2 Å². The Morgan fingerprint density at radius 2 is 1.79 bits per heavy atom. The number of carbonyl (C=O) groups excluding carboxylic acids is 1. The van der Waals surface area contributed by atoms with E-state index in [0.717, 1.165) is 4.47 Å². The van der Waals surface area contributed by atoms with Gasteiger partial charge in [-0.05, 0) is 46.3 Å². The Balaban J connectivity index is 2.31. The summed E-state index contributed by atoms with van der Waals surface area (Å²) in [6, 6.07) is 10.4. The van der Waals surface area contributed by atoms with E-state index in [1.807, 2.05) is 12.1 Å². The van der Waals surface area contributed by atoms with E-state index in [-0.39, 0.29) is 17.2 Å². The third-order valence-corrected chi connectivity index (χ3v) is 3.92. The molecule has 2 N–H and O–H groups in total. The number of hydrogen-bond acceptors (Lipinski definition) is 2. The van der Waals surface area contributed by atoms with Crippen molar-refractivity contribution in [1.82, 2.24) is 0 Å².